The van der Waals surface area contributed by atoms with Crippen molar-refractivity contribution in [2.75, 3.05) is 31.1 Å². The second-order valence-electron chi connectivity index (χ2n) is 8.57. The van der Waals surface area contributed by atoms with Gasteiger partial charge in [0, 0.05) is 37.9 Å². The Morgan fingerprint density at radius 2 is 1.39 bits per heavy atom. The number of piperazine rings is 1. The van der Waals surface area contributed by atoms with Crippen molar-refractivity contribution in [3.05, 3.63) is 97.2 Å². The van der Waals surface area contributed by atoms with Gasteiger partial charge < -0.3 is 19.3 Å². The first-order valence-electron chi connectivity index (χ1n) is 12.1. The number of hydrogen-bond donors (Lipinski definition) is 0. The van der Waals surface area contributed by atoms with Crippen LogP contribution in [0.4, 0.5) is 5.95 Å². The van der Waals surface area contributed by atoms with E-state index in [-0.39, 0.29) is 5.91 Å². The summed E-state index contributed by atoms with van der Waals surface area (Å²) in [7, 11) is 0. The van der Waals surface area contributed by atoms with Gasteiger partial charge in [0.25, 0.3) is 5.91 Å². The van der Waals surface area contributed by atoms with Gasteiger partial charge in [-0.15, -0.1) is 0 Å². The quantitative estimate of drug-likeness (QED) is 0.369. The normalized spacial score (nSPS) is 14.2. The van der Waals surface area contributed by atoms with Gasteiger partial charge in [-0.1, -0.05) is 36.4 Å². The molecule has 0 saturated carbocycles. The zero-order valence-corrected chi connectivity index (χ0v) is 20.2. The molecule has 0 bridgehead atoms. The minimum atomic E-state index is -0.535. The number of carbonyl (C=O) groups is 1. The molecule has 2 heterocycles. The van der Waals surface area contributed by atoms with E-state index in [2.05, 4.69) is 9.88 Å². The molecule has 5 rings (SSSR count). The monoisotopic (exact) mass is 480 g/mol. The van der Waals surface area contributed by atoms with Gasteiger partial charge in [-0.05, 0) is 61.5 Å². The summed E-state index contributed by atoms with van der Waals surface area (Å²) in [6, 6.07) is 28.9. The van der Waals surface area contributed by atoms with Gasteiger partial charge in [0.2, 0.25) is 5.95 Å². The lowest BCUT2D eigenvalue weighted by molar-refractivity contribution is -0.138. The maximum absolute atomic E-state index is 12.9. The average Bonchev–Trinajstić information content (AvgIpc) is 2.94. The summed E-state index contributed by atoms with van der Waals surface area (Å²) in [5, 5.41) is 0. The highest BCUT2D eigenvalue weighted by atomic mass is 16.5. The van der Waals surface area contributed by atoms with E-state index in [1.165, 1.54) is 0 Å². The molecule has 7 nitrogen and oxygen atoms in total. The van der Waals surface area contributed by atoms with Crippen LogP contribution in [0.1, 0.15) is 6.92 Å². The summed E-state index contributed by atoms with van der Waals surface area (Å²) in [6.45, 7) is 4.32. The Bertz CT molecular complexity index is 1270. The van der Waals surface area contributed by atoms with Gasteiger partial charge in [0.1, 0.15) is 17.2 Å². The van der Waals surface area contributed by atoms with Crippen LogP contribution in [0.3, 0.4) is 0 Å². The van der Waals surface area contributed by atoms with Crippen molar-refractivity contribution in [1.29, 1.82) is 0 Å². The summed E-state index contributed by atoms with van der Waals surface area (Å²) in [6.07, 6.45) is 1.24. The molecular weight excluding hydrogens is 452 g/mol. The Labute approximate surface area is 210 Å². The smallest absolute Gasteiger partial charge is 0.263 e. The highest BCUT2D eigenvalue weighted by molar-refractivity contribution is 5.81. The van der Waals surface area contributed by atoms with E-state index in [1.807, 2.05) is 95.9 Å². The number of benzene rings is 3. The zero-order chi connectivity index (χ0) is 24.7. The predicted octanol–water partition coefficient (Wildman–Crippen LogP) is 5.05. The fraction of sp³-hybridized carbons (Fsp3) is 0.207. The summed E-state index contributed by atoms with van der Waals surface area (Å²) >= 11 is 0. The van der Waals surface area contributed by atoms with Crippen LogP contribution in [0.15, 0.2) is 97.2 Å². The Morgan fingerprint density at radius 3 is 2.06 bits per heavy atom. The van der Waals surface area contributed by atoms with E-state index < -0.39 is 6.10 Å². The van der Waals surface area contributed by atoms with Crippen molar-refractivity contribution in [3.63, 3.8) is 0 Å². The number of anilines is 1. The minimum absolute atomic E-state index is 0.00835. The number of rotatable bonds is 7. The summed E-state index contributed by atoms with van der Waals surface area (Å²) in [5.41, 5.74) is 1.83. The highest BCUT2D eigenvalue weighted by Gasteiger charge is 2.27. The zero-order valence-electron chi connectivity index (χ0n) is 20.2. The van der Waals surface area contributed by atoms with E-state index in [4.69, 9.17) is 14.5 Å². The van der Waals surface area contributed by atoms with Crippen LogP contribution in [0.25, 0.3) is 11.3 Å². The molecule has 1 fully saturated rings. The first-order valence-corrected chi connectivity index (χ1v) is 12.1. The predicted molar refractivity (Wildman–Crippen MR) is 139 cm³/mol. The van der Waals surface area contributed by atoms with Crippen LogP contribution in [0.5, 0.6) is 17.2 Å². The molecular formula is C29H28N4O3. The molecule has 0 aliphatic carbocycles. The Kier molecular flexibility index (Phi) is 7.07. The fourth-order valence-corrected chi connectivity index (χ4v) is 4.12. The van der Waals surface area contributed by atoms with Crippen LogP contribution < -0.4 is 14.4 Å². The second kappa shape index (κ2) is 10.9. The third-order valence-corrected chi connectivity index (χ3v) is 6.05. The first-order chi connectivity index (χ1) is 17.7. The van der Waals surface area contributed by atoms with Gasteiger partial charge in [0.05, 0.1) is 5.69 Å². The molecule has 7 heteroatoms. The van der Waals surface area contributed by atoms with Crippen molar-refractivity contribution in [2.45, 2.75) is 13.0 Å². The topological polar surface area (TPSA) is 67.8 Å². The molecule has 0 radical (unpaired) electrons. The van der Waals surface area contributed by atoms with Crippen LogP contribution in [0.2, 0.25) is 0 Å². The lowest BCUT2D eigenvalue weighted by atomic mass is 10.1. The van der Waals surface area contributed by atoms with Crippen LogP contribution in [-0.2, 0) is 4.79 Å². The molecule has 1 atom stereocenters. The average molecular weight is 481 g/mol. The van der Waals surface area contributed by atoms with E-state index in [0.29, 0.717) is 37.9 Å². The Morgan fingerprint density at radius 1 is 0.778 bits per heavy atom. The Balaban J connectivity index is 1.18. The van der Waals surface area contributed by atoms with E-state index in [9.17, 15) is 4.79 Å². The van der Waals surface area contributed by atoms with Gasteiger partial charge in [-0.2, -0.15) is 0 Å². The van der Waals surface area contributed by atoms with Crippen LogP contribution in [0, 0.1) is 0 Å². The van der Waals surface area contributed by atoms with Crippen molar-refractivity contribution in [3.8, 4) is 28.5 Å². The number of aromatic nitrogens is 2. The highest BCUT2D eigenvalue weighted by Crippen LogP contribution is 2.26. The summed E-state index contributed by atoms with van der Waals surface area (Å²) in [5.74, 6) is 2.92. The minimum Gasteiger partial charge on any atom is -0.481 e. The van der Waals surface area contributed by atoms with E-state index >= 15 is 0 Å². The molecule has 1 aliphatic heterocycles. The van der Waals surface area contributed by atoms with Gasteiger partial charge >= 0.3 is 0 Å². The standard InChI is InChI=1S/C29H28N4O3/c1-22(35-24-8-4-2-5-9-24)28(34)32-18-20-33(21-19-32)29-30-17-16-27(31-29)23-12-14-26(15-13-23)36-25-10-6-3-7-11-25/h2-17,22H,18-21H2,1H3. The SMILES string of the molecule is CC(Oc1ccccc1)C(=O)N1CCN(c2nccc(-c3ccc(Oc4ccccc4)cc3)n2)CC1. The Hall–Kier alpha value is -4.39. The van der Waals surface area contributed by atoms with Gasteiger partial charge in [-0.25, -0.2) is 9.97 Å². The molecule has 182 valence electrons. The molecule has 0 spiro atoms. The molecule has 3 aromatic carbocycles. The van der Waals surface area contributed by atoms with E-state index in [0.717, 1.165) is 22.8 Å². The molecule has 1 aliphatic rings. The maximum atomic E-state index is 12.9. The van der Waals surface area contributed by atoms with Crippen molar-refractivity contribution in [2.24, 2.45) is 0 Å². The molecule has 1 aromatic heterocycles. The van der Waals surface area contributed by atoms with Crippen molar-refractivity contribution >= 4 is 11.9 Å². The number of amides is 1. The fourth-order valence-electron chi connectivity index (χ4n) is 4.12. The summed E-state index contributed by atoms with van der Waals surface area (Å²) in [4.78, 5) is 26.1. The molecule has 36 heavy (non-hydrogen) atoms. The van der Waals surface area contributed by atoms with Crippen LogP contribution in [-0.4, -0.2) is 53.1 Å². The number of hydrogen-bond acceptors (Lipinski definition) is 6. The second-order valence-corrected chi connectivity index (χ2v) is 8.57. The van der Waals surface area contributed by atoms with Crippen LogP contribution >= 0.6 is 0 Å². The number of carbonyl (C=O) groups excluding carboxylic acids is 1. The third-order valence-electron chi connectivity index (χ3n) is 6.05. The molecule has 1 unspecified atom stereocenters. The molecule has 1 amide bonds. The molecule has 0 N–H and O–H groups in total. The summed E-state index contributed by atoms with van der Waals surface area (Å²) < 4.78 is 11.7. The molecule has 4 aromatic rings. The number of nitrogens with zero attached hydrogens (tertiary/aromatic N) is 4. The lowest BCUT2D eigenvalue weighted by Gasteiger charge is -2.35. The number of para-hydroxylation sites is 2. The number of ether oxygens (including phenoxy) is 2. The van der Waals surface area contributed by atoms with Crippen molar-refractivity contribution < 1.29 is 14.3 Å². The largest absolute Gasteiger partial charge is 0.481 e. The third kappa shape index (κ3) is 5.63. The maximum Gasteiger partial charge on any atom is 0.263 e. The lowest BCUT2D eigenvalue weighted by Crippen LogP contribution is -2.52. The van der Waals surface area contributed by atoms with E-state index in [1.54, 1.807) is 13.1 Å². The molecule has 1 saturated heterocycles. The van der Waals surface area contributed by atoms with Gasteiger partial charge in [-0.3, -0.25) is 4.79 Å². The van der Waals surface area contributed by atoms with Gasteiger partial charge in [0.15, 0.2) is 6.10 Å². The first kappa shape index (κ1) is 23.4. The van der Waals surface area contributed by atoms with Crippen molar-refractivity contribution in [1.82, 2.24) is 14.9 Å².